The Morgan fingerprint density at radius 3 is 3.00 bits per heavy atom. The van der Waals surface area contributed by atoms with Crippen LogP contribution in [0.25, 0.3) is 0 Å². The van der Waals surface area contributed by atoms with Gasteiger partial charge in [0.25, 0.3) is 0 Å². The molecule has 0 aliphatic heterocycles. The Morgan fingerprint density at radius 1 is 1.64 bits per heavy atom. The fourth-order valence-corrected chi connectivity index (χ4v) is 1.57. The summed E-state index contributed by atoms with van der Waals surface area (Å²) in [7, 11) is 0. The van der Waals surface area contributed by atoms with E-state index in [1.807, 2.05) is 13.8 Å². The van der Waals surface area contributed by atoms with Crippen molar-refractivity contribution < 1.29 is 4.79 Å². The van der Waals surface area contributed by atoms with Gasteiger partial charge in [0.1, 0.15) is 0 Å². The molecule has 14 heavy (non-hydrogen) atoms. The molecule has 1 heterocycles. The van der Waals surface area contributed by atoms with Gasteiger partial charge in [-0.3, -0.25) is 9.78 Å². The number of rotatable bonds is 5. The van der Waals surface area contributed by atoms with Gasteiger partial charge < -0.3 is 10.6 Å². The largest absolute Gasteiger partial charge is 0.353 e. The van der Waals surface area contributed by atoms with Crippen LogP contribution in [-0.4, -0.2) is 23.5 Å². The first-order valence-corrected chi connectivity index (χ1v) is 5.44. The first-order valence-electron chi connectivity index (χ1n) is 4.56. The lowest BCUT2D eigenvalue weighted by molar-refractivity contribution is -0.120. The minimum Gasteiger partial charge on any atom is -0.353 e. The van der Waals surface area contributed by atoms with E-state index in [0.29, 0.717) is 13.1 Å². The molecule has 0 bridgehead atoms. The molecule has 78 valence electrons. The van der Waals surface area contributed by atoms with Crippen LogP contribution in [0.1, 0.15) is 18.7 Å². The number of nitrogens with one attached hydrogen (secondary N) is 2. The van der Waals surface area contributed by atoms with E-state index in [0.717, 1.165) is 4.88 Å². The molecule has 0 saturated carbocycles. The van der Waals surface area contributed by atoms with Gasteiger partial charge in [-0.25, -0.2) is 0 Å². The molecule has 5 heteroatoms. The molecule has 0 saturated heterocycles. The molecule has 1 aromatic rings. The Morgan fingerprint density at radius 2 is 2.43 bits per heavy atom. The molecule has 0 aliphatic rings. The average Bonchev–Trinajstić information content (AvgIpc) is 2.55. The van der Waals surface area contributed by atoms with Crippen molar-refractivity contribution in [3.8, 4) is 0 Å². The number of amides is 1. The summed E-state index contributed by atoms with van der Waals surface area (Å²) in [6.45, 7) is 4.95. The summed E-state index contributed by atoms with van der Waals surface area (Å²) in [5.41, 5.74) is 1.78. The normalized spacial score (nSPS) is 10.5. The number of carbonyl (C=O) groups is 1. The molecule has 0 aromatic carbocycles. The van der Waals surface area contributed by atoms with Crippen molar-refractivity contribution in [2.24, 2.45) is 0 Å². The van der Waals surface area contributed by atoms with Gasteiger partial charge in [0.05, 0.1) is 12.1 Å². The minimum atomic E-state index is 0.0320. The van der Waals surface area contributed by atoms with E-state index < -0.39 is 0 Å². The van der Waals surface area contributed by atoms with Crippen LogP contribution in [0.4, 0.5) is 0 Å². The zero-order valence-corrected chi connectivity index (χ0v) is 9.23. The van der Waals surface area contributed by atoms with E-state index in [2.05, 4.69) is 15.6 Å². The van der Waals surface area contributed by atoms with Gasteiger partial charge in [-0.05, 0) is 13.8 Å². The van der Waals surface area contributed by atoms with Crippen LogP contribution in [-0.2, 0) is 11.3 Å². The van der Waals surface area contributed by atoms with Crippen molar-refractivity contribution in [1.29, 1.82) is 0 Å². The number of hydrogen-bond donors (Lipinski definition) is 2. The molecule has 0 atom stereocenters. The van der Waals surface area contributed by atoms with Crippen LogP contribution in [0.5, 0.6) is 0 Å². The first-order chi connectivity index (χ1) is 6.68. The van der Waals surface area contributed by atoms with Crippen molar-refractivity contribution in [2.75, 3.05) is 6.54 Å². The standard InChI is InChI=1S/C9H15N3OS/c1-7(2)12-9(13)5-10-3-8-4-11-6-14-8/h4,6-7,10H,3,5H2,1-2H3,(H,12,13). The van der Waals surface area contributed by atoms with E-state index in [1.165, 1.54) is 0 Å². The molecule has 0 aliphatic carbocycles. The van der Waals surface area contributed by atoms with Crippen LogP contribution >= 0.6 is 11.3 Å². The number of nitrogens with zero attached hydrogens (tertiary/aromatic N) is 1. The van der Waals surface area contributed by atoms with Crippen LogP contribution < -0.4 is 10.6 Å². The van der Waals surface area contributed by atoms with Gasteiger partial charge in [0.15, 0.2) is 0 Å². The highest BCUT2D eigenvalue weighted by Gasteiger charge is 2.02. The van der Waals surface area contributed by atoms with Crippen molar-refractivity contribution >= 4 is 17.2 Å². The molecular formula is C9H15N3OS. The molecular weight excluding hydrogens is 198 g/mol. The Bertz CT molecular complexity index is 272. The molecule has 1 amide bonds. The number of thiazole rings is 1. The Labute approximate surface area is 87.7 Å². The Balaban J connectivity index is 2.12. The Kier molecular flexibility index (Phi) is 4.55. The third-order valence-electron chi connectivity index (χ3n) is 1.52. The summed E-state index contributed by atoms with van der Waals surface area (Å²) in [6, 6.07) is 0.202. The number of aromatic nitrogens is 1. The fourth-order valence-electron chi connectivity index (χ4n) is 1.00. The highest BCUT2D eigenvalue weighted by Crippen LogP contribution is 2.03. The highest BCUT2D eigenvalue weighted by molar-refractivity contribution is 7.09. The second-order valence-electron chi connectivity index (χ2n) is 3.29. The van der Waals surface area contributed by atoms with Crippen molar-refractivity contribution in [1.82, 2.24) is 15.6 Å². The minimum absolute atomic E-state index is 0.0320. The zero-order chi connectivity index (χ0) is 10.4. The second kappa shape index (κ2) is 5.72. The average molecular weight is 213 g/mol. The van der Waals surface area contributed by atoms with Crippen molar-refractivity contribution in [3.05, 3.63) is 16.6 Å². The lowest BCUT2D eigenvalue weighted by Gasteiger charge is -2.08. The van der Waals surface area contributed by atoms with Gasteiger partial charge in [-0.1, -0.05) is 0 Å². The van der Waals surface area contributed by atoms with Gasteiger partial charge in [0.2, 0.25) is 5.91 Å². The summed E-state index contributed by atoms with van der Waals surface area (Å²) in [4.78, 5) is 16.3. The molecule has 4 nitrogen and oxygen atoms in total. The van der Waals surface area contributed by atoms with Gasteiger partial charge in [-0.2, -0.15) is 0 Å². The third kappa shape index (κ3) is 4.34. The van der Waals surface area contributed by atoms with E-state index in [-0.39, 0.29) is 11.9 Å². The molecule has 0 spiro atoms. The molecule has 1 rings (SSSR count). The summed E-state index contributed by atoms with van der Waals surface area (Å²) < 4.78 is 0. The smallest absolute Gasteiger partial charge is 0.234 e. The first kappa shape index (κ1) is 11.1. The van der Waals surface area contributed by atoms with Crippen molar-refractivity contribution in [2.45, 2.75) is 26.4 Å². The summed E-state index contributed by atoms with van der Waals surface area (Å²) >= 11 is 1.58. The monoisotopic (exact) mass is 213 g/mol. The van der Waals surface area contributed by atoms with E-state index in [1.54, 1.807) is 23.0 Å². The molecule has 1 aromatic heterocycles. The van der Waals surface area contributed by atoms with Gasteiger partial charge in [0, 0.05) is 23.7 Å². The van der Waals surface area contributed by atoms with Crippen LogP contribution in [0.3, 0.4) is 0 Å². The summed E-state index contributed by atoms with van der Waals surface area (Å²) in [5.74, 6) is 0.0320. The lowest BCUT2D eigenvalue weighted by Crippen LogP contribution is -2.37. The quantitative estimate of drug-likeness (QED) is 0.759. The number of hydrogen-bond acceptors (Lipinski definition) is 4. The van der Waals surface area contributed by atoms with Crippen LogP contribution in [0.15, 0.2) is 11.7 Å². The molecule has 0 radical (unpaired) electrons. The van der Waals surface area contributed by atoms with Crippen molar-refractivity contribution in [3.63, 3.8) is 0 Å². The SMILES string of the molecule is CC(C)NC(=O)CNCc1cncs1. The summed E-state index contributed by atoms with van der Waals surface area (Å²) in [5, 5.41) is 5.86. The van der Waals surface area contributed by atoms with E-state index in [9.17, 15) is 4.79 Å². The van der Waals surface area contributed by atoms with Gasteiger partial charge in [-0.15, -0.1) is 11.3 Å². The maximum atomic E-state index is 11.2. The van der Waals surface area contributed by atoms with E-state index >= 15 is 0 Å². The fraction of sp³-hybridized carbons (Fsp3) is 0.556. The lowest BCUT2D eigenvalue weighted by atomic mass is 10.4. The Hall–Kier alpha value is -0.940. The number of carbonyl (C=O) groups excluding carboxylic acids is 1. The van der Waals surface area contributed by atoms with Gasteiger partial charge >= 0.3 is 0 Å². The van der Waals surface area contributed by atoms with Crippen LogP contribution in [0.2, 0.25) is 0 Å². The van der Waals surface area contributed by atoms with E-state index in [4.69, 9.17) is 0 Å². The zero-order valence-electron chi connectivity index (χ0n) is 8.41. The highest BCUT2D eigenvalue weighted by atomic mass is 32.1. The predicted octanol–water partition coefficient (Wildman–Crippen LogP) is 0.757. The molecule has 0 fully saturated rings. The van der Waals surface area contributed by atoms with Crippen LogP contribution in [0, 0.1) is 0 Å². The molecule has 0 unspecified atom stereocenters. The maximum absolute atomic E-state index is 11.2. The maximum Gasteiger partial charge on any atom is 0.234 e. The molecule has 2 N–H and O–H groups in total. The second-order valence-corrected chi connectivity index (χ2v) is 4.26. The summed E-state index contributed by atoms with van der Waals surface area (Å²) in [6.07, 6.45) is 1.80. The predicted molar refractivity (Wildman–Crippen MR) is 57.1 cm³/mol. The topological polar surface area (TPSA) is 54.0 Å². The third-order valence-corrected chi connectivity index (χ3v) is 2.30.